The van der Waals surface area contributed by atoms with Crippen LogP contribution in [0.15, 0.2) is 0 Å². The zero-order valence-electron chi connectivity index (χ0n) is 24.3. The molecule has 0 aromatic rings. The summed E-state index contributed by atoms with van der Waals surface area (Å²) < 4.78 is 0.806. The maximum absolute atomic E-state index is 12.1. The Morgan fingerprint density at radius 2 is 1.25 bits per heavy atom. The Hall–Kier alpha value is -0.810. The minimum atomic E-state index is 0. The molecule has 0 atom stereocenters. The van der Waals surface area contributed by atoms with Gasteiger partial charge in [-0.1, -0.05) is 110 Å². The zero-order valence-corrected chi connectivity index (χ0v) is 25.0. The largest absolute Gasteiger partial charge is 1.00 e. The summed E-state index contributed by atoms with van der Waals surface area (Å²) in [5.74, 6) is 0.490. The van der Waals surface area contributed by atoms with Gasteiger partial charge in [-0.25, -0.2) is 0 Å². The molecule has 6 heteroatoms. The maximum atomic E-state index is 12.1. The van der Waals surface area contributed by atoms with Crippen molar-refractivity contribution in [1.29, 1.82) is 0 Å². The van der Waals surface area contributed by atoms with Gasteiger partial charge in [0.15, 0.2) is 6.67 Å². The maximum Gasteiger partial charge on any atom is 0.226 e. The van der Waals surface area contributed by atoms with E-state index >= 15 is 0 Å². The third-order valence-corrected chi connectivity index (χ3v) is 7.49. The van der Waals surface area contributed by atoms with Crippen LogP contribution in [-0.4, -0.2) is 61.6 Å². The molecule has 1 rings (SSSR count). The van der Waals surface area contributed by atoms with E-state index in [0.717, 1.165) is 50.0 Å². The predicted octanol–water partition coefficient (Wildman–Crippen LogP) is 4.19. The van der Waals surface area contributed by atoms with E-state index in [0.29, 0.717) is 18.7 Å². The molecule has 0 bridgehead atoms. The summed E-state index contributed by atoms with van der Waals surface area (Å²) in [6.45, 7) is 5.69. The third-order valence-electron chi connectivity index (χ3n) is 7.49. The summed E-state index contributed by atoms with van der Waals surface area (Å²) in [5, 5.41) is 3.08. The van der Waals surface area contributed by atoms with Crippen molar-refractivity contribution in [1.82, 2.24) is 10.2 Å². The quantitative estimate of drug-likeness (QED) is 0.150. The fourth-order valence-electron chi connectivity index (χ4n) is 5.22. The lowest BCUT2D eigenvalue weighted by atomic mass is 10.0. The van der Waals surface area contributed by atoms with Gasteiger partial charge in [-0.05, 0) is 12.8 Å². The normalized spacial score (nSPS) is 13.8. The van der Waals surface area contributed by atoms with Gasteiger partial charge in [0.25, 0.3) is 0 Å². The van der Waals surface area contributed by atoms with Crippen LogP contribution in [0.5, 0.6) is 0 Å². The van der Waals surface area contributed by atoms with Crippen LogP contribution in [0.1, 0.15) is 142 Å². The second kappa shape index (κ2) is 23.3. The Morgan fingerprint density at radius 3 is 1.69 bits per heavy atom. The minimum Gasteiger partial charge on any atom is -1.00 e. The molecular formula is C30H60ClN3O2. The smallest absolute Gasteiger partial charge is 0.226 e. The Labute approximate surface area is 230 Å². The van der Waals surface area contributed by atoms with E-state index in [2.05, 4.69) is 26.3 Å². The highest BCUT2D eigenvalue weighted by molar-refractivity contribution is 5.77. The van der Waals surface area contributed by atoms with Crippen LogP contribution in [0.4, 0.5) is 0 Å². The molecule has 1 heterocycles. The van der Waals surface area contributed by atoms with Crippen molar-refractivity contribution in [2.75, 3.05) is 40.4 Å². The van der Waals surface area contributed by atoms with Crippen LogP contribution in [0, 0.1) is 0 Å². The van der Waals surface area contributed by atoms with Crippen molar-refractivity contribution in [3.63, 3.8) is 0 Å². The molecule has 214 valence electrons. The van der Waals surface area contributed by atoms with Gasteiger partial charge in [-0.3, -0.25) is 14.5 Å². The van der Waals surface area contributed by atoms with E-state index in [-0.39, 0.29) is 18.3 Å². The van der Waals surface area contributed by atoms with Crippen LogP contribution in [0.25, 0.3) is 0 Å². The number of unbranched alkanes of at least 4 members (excludes halogenated alkanes) is 16. The lowest BCUT2D eigenvalue weighted by molar-refractivity contribution is -0.898. The number of likely N-dealkylation sites (tertiary alicyclic amines) is 1. The standard InChI is InChI=1S/C30H59N3O2.ClH/c1-4-5-6-7-8-9-10-11-12-13-14-15-16-17-18-19-20-23-29(34)31-25-22-27-33(2,3)28-32-26-21-24-30(32)35;/h4-28H2,1-3H3;1H. The van der Waals surface area contributed by atoms with E-state index in [1.54, 1.807) is 0 Å². The van der Waals surface area contributed by atoms with Gasteiger partial charge in [0, 0.05) is 32.4 Å². The van der Waals surface area contributed by atoms with Crippen LogP contribution >= 0.6 is 0 Å². The van der Waals surface area contributed by atoms with Crippen molar-refractivity contribution in [3.8, 4) is 0 Å². The first-order valence-electron chi connectivity index (χ1n) is 15.3. The van der Waals surface area contributed by atoms with Crippen LogP contribution < -0.4 is 17.7 Å². The number of nitrogens with one attached hydrogen (secondary N) is 1. The molecule has 1 aliphatic heterocycles. The van der Waals surface area contributed by atoms with E-state index < -0.39 is 0 Å². The molecule has 0 aromatic carbocycles. The molecule has 0 unspecified atom stereocenters. The molecular weight excluding hydrogens is 470 g/mol. The van der Waals surface area contributed by atoms with Crippen LogP contribution in [-0.2, 0) is 9.59 Å². The first-order valence-corrected chi connectivity index (χ1v) is 15.3. The molecule has 0 aliphatic carbocycles. The molecule has 2 amide bonds. The zero-order chi connectivity index (χ0) is 25.6. The van der Waals surface area contributed by atoms with Gasteiger partial charge < -0.3 is 22.2 Å². The first-order chi connectivity index (χ1) is 16.9. The second-order valence-corrected chi connectivity index (χ2v) is 11.7. The molecule has 1 fully saturated rings. The minimum absolute atomic E-state index is 0. The number of hydrogen-bond acceptors (Lipinski definition) is 2. The number of nitrogens with zero attached hydrogens (tertiary/aromatic N) is 2. The molecule has 0 saturated carbocycles. The summed E-state index contributed by atoms with van der Waals surface area (Å²) in [7, 11) is 4.34. The highest BCUT2D eigenvalue weighted by atomic mass is 35.5. The van der Waals surface area contributed by atoms with Gasteiger partial charge in [0.05, 0.1) is 20.6 Å². The molecule has 0 radical (unpaired) electrons. The van der Waals surface area contributed by atoms with E-state index in [9.17, 15) is 9.59 Å². The lowest BCUT2D eigenvalue weighted by Crippen LogP contribution is -3.00. The van der Waals surface area contributed by atoms with Crippen LogP contribution in [0.2, 0.25) is 0 Å². The average molecular weight is 530 g/mol. The monoisotopic (exact) mass is 529 g/mol. The van der Waals surface area contributed by atoms with Gasteiger partial charge in [-0.2, -0.15) is 0 Å². The molecule has 1 N–H and O–H groups in total. The number of carbonyl (C=O) groups is 2. The third kappa shape index (κ3) is 20.3. The summed E-state index contributed by atoms with van der Waals surface area (Å²) in [6, 6.07) is 0. The number of amides is 2. The second-order valence-electron chi connectivity index (χ2n) is 11.7. The predicted molar refractivity (Wildman–Crippen MR) is 149 cm³/mol. The fraction of sp³-hybridized carbons (Fsp3) is 0.933. The van der Waals surface area contributed by atoms with Crippen molar-refractivity contribution < 1.29 is 26.5 Å². The Balaban J connectivity index is 0.0000122. The highest BCUT2D eigenvalue weighted by Crippen LogP contribution is 2.15. The molecule has 1 aliphatic rings. The summed E-state index contributed by atoms with van der Waals surface area (Å²) in [5.41, 5.74) is 0. The van der Waals surface area contributed by atoms with E-state index in [4.69, 9.17) is 0 Å². The Bertz CT molecular complexity index is 542. The van der Waals surface area contributed by atoms with Crippen molar-refractivity contribution in [2.45, 2.75) is 142 Å². The molecule has 0 aromatic heterocycles. The molecule has 1 saturated heterocycles. The van der Waals surface area contributed by atoms with Gasteiger partial charge in [0.2, 0.25) is 11.8 Å². The summed E-state index contributed by atoms with van der Waals surface area (Å²) in [4.78, 5) is 25.9. The Kier molecular flexibility index (Phi) is 22.8. The SMILES string of the molecule is CCCCCCCCCCCCCCCCCCCC(=O)NCCC[N+](C)(C)CN1CCCC1=O.[Cl-]. The summed E-state index contributed by atoms with van der Waals surface area (Å²) in [6.07, 6.45) is 26.5. The molecule has 36 heavy (non-hydrogen) atoms. The van der Waals surface area contributed by atoms with E-state index in [1.165, 1.54) is 103 Å². The van der Waals surface area contributed by atoms with Crippen LogP contribution in [0.3, 0.4) is 0 Å². The van der Waals surface area contributed by atoms with E-state index in [1.807, 2.05) is 4.90 Å². The van der Waals surface area contributed by atoms with Gasteiger partial charge in [-0.15, -0.1) is 0 Å². The fourth-order valence-corrected chi connectivity index (χ4v) is 5.22. The van der Waals surface area contributed by atoms with Gasteiger partial charge in [0.1, 0.15) is 0 Å². The summed E-state index contributed by atoms with van der Waals surface area (Å²) >= 11 is 0. The molecule has 0 spiro atoms. The number of halogens is 1. The number of quaternary nitrogens is 1. The number of rotatable bonds is 24. The topological polar surface area (TPSA) is 49.4 Å². The lowest BCUT2D eigenvalue weighted by Gasteiger charge is -2.33. The number of carbonyl (C=O) groups excluding carboxylic acids is 2. The average Bonchev–Trinajstić information content (AvgIpc) is 3.22. The number of hydrogen-bond donors (Lipinski definition) is 1. The molecule has 5 nitrogen and oxygen atoms in total. The van der Waals surface area contributed by atoms with Crippen molar-refractivity contribution in [2.24, 2.45) is 0 Å². The van der Waals surface area contributed by atoms with Crippen molar-refractivity contribution in [3.05, 3.63) is 0 Å². The van der Waals surface area contributed by atoms with Gasteiger partial charge >= 0.3 is 0 Å². The highest BCUT2D eigenvalue weighted by Gasteiger charge is 2.27. The van der Waals surface area contributed by atoms with Crippen molar-refractivity contribution >= 4 is 11.8 Å². The Morgan fingerprint density at radius 1 is 0.778 bits per heavy atom. The first kappa shape index (κ1) is 35.2.